The van der Waals surface area contributed by atoms with E-state index in [-0.39, 0.29) is 11.3 Å². The third-order valence-electron chi connectivity index (χ3n) is 7.40. The lowest BCUT2D eigenvalue weighted by Crippen LogP contribution is -2.35. The minimum atomic E-state index is -4.43. The van der Waals surface area contributed by atoms with E-state index in [0.717, 1.165) is 35.6 Å². The molecule has 0 amide bonds. The normalized spacial score (nSPS) is 18.1. The van der Waals surface area contributed by atoms with Gasteiger partial charge in [-0.2, -0.15) is 13.2 Å². The SMILES string of the molecule is O=[N+]([O-])c1cc(NCC2(Cc3cccc(C(F)(F)F)c3)CCN(Cc3c[nH]c4ncccc34)C2)ccc1CO. The number of anilines is 1. The Balaban J connectivity index is 1.40. The summed E-state index contributed by atoms with van der Waals surface area (Å²) >= 11 is 0. The van der Waals surface area contributed by atoms with Crippen LogP contribution in [-0.4, -0.2) is 44.5 Å². The number of aliphatic hydroxyl groups excluding tert-OH is 1. The molecule has 1 saturated heterocycles. The number of pyridine rings is 1. The number of nitro benzene ring substituents is 1. The number of hydrogen-bond acceptors (Lipinski definition) is 6. The Kier molecular flexibility index (Phi) is 7.28. The molecule has 2 aromatic heterocycles. The van der Waals surface area contributed by atoms with Gasteiger partial charge in [-0.15, -0.1) is 0 Å². The van der Waals surface area contributed by atoms with Crippen molar-refractivity contribution in [3.05, 3.63) is 99.4 Å². The van der Waals surface area contributed by atoms with Gasteiger partial charge in [0.1, 0.15) is 5.65 Å². The van der Waals surface area contributed by atoms with Crippen molar-refractivity contribution in [2.24, 2.45) is 5.41 Å². The molecule has 1 aliphatic rings. The summed E-state index contributed by atoms with van der Waals surface area (Å²) in [5.41, 5.74) is 1.93. The molecule has 1 atom stereocenters. The van der Waals surface area contributed by atoms with Gasteiger partial charge in [0.25, 0.3) is 5.69 Å². The number of aromatic nitrogens is 2. The van der Waals surface area contributed by atoms with Crippen LogP contribution in [0.5, 0.6) is 0 Å². The predicted octanol–water partition coefficient (Wildman–Crippen LogP) is 5.53. The lowest BCUT2D eigenvalue weighted by Gasteiger charge is -2.31. The summed E-state index contributed by atoms with van der Waals surface area (Å²) in [6, 6.07) is 13.9. The number of rotatable bonds is 9. The predicted molar refractivity (Wildman–Crippen MR) is 141 cm³/mol. The van der Waals surface area contributed by atoms with Gasteiger partial charge in [0.2, 0.25) is 0 Å². The van der Waals surface area contributed by atoms with Crippen LogP contribution >= 0.6 is 0 Å². The molecule has 3 heterocycles. The summed E-state index contributed by atoms with van der Waals surface area (Å²) in [5, 5.41) is 25.2. The van der Waals surface area contributed by atoms with Crippen LogP contribution in [0.25, 0.3) is 11.0 Å². The van der Waals surface area contributed by atoms with Gasteiger partial charge in [0.15, 0.2) is 0 Å². The fourth-order valence-electron chi connectivity index (χ4n) is 5.46. The molecule has 0 aliphatic carbocycles. The molecule has 0 bridgehead atoms. The second-order valence-electron chi connectivity index (χ2n) is 10.2. The van der Waals surface area contributed by atoms with Crippen molar-refractivity contribution in [1.29, 1.82) is 0 Å². The zero-order valence-electron chi connectivity index (χ0n) is 21.0. The monoisotopic (exact) mass is 539 g/mol. The number of nitrogens with zero attached hydrogens (tertiary/aromatic N) is 3. The topological polar surface area (TPSA) is 107 Å². The van der Waals surface area contributed by atoms with Gasteiger partial charge >= 0.3 is 6.18 Å². The molecule has 39 heavy (non-hydrogen) atoms. The van der Waals surface area contributed by atoms with Crippen molar-refractivity contribution >= 4 is 22.4 Å². The smallest absolute Gasteiger partial charge is 0.391 e. The van der Waals surface area contributed by atoms with E-state index < -0.39 is 28.7 Å². The number of aromatic amines is 1. The number of aliphatic hydroxyl groups is 1. The number of hydrogen-bond donors (Lipinski definition) is 3. The lowest BCUT2D eigenvalue weighted by molar-refractivity contribution is -0.385. The van der Waals surface area contributed by atoms with Crippen molar-refractivity contribution in [2.45, 2.75) is 32.2 Å². The molecule has 11 heteroatoms. The molecule has 1 unspecified atom stereocenters. The van der Waals surface area contributed by atoms with E-state index in [2.05, 4.69) is 20.2 Å². The van der Waals surface area contributed by atoms with E-state index in [1.165, 1.54) is 24.3 Å². The number of nitro groups is 1. The Morgan fingerprint density at radius 1 is 1.15 bits per heavy atom. The van der Waals surface area contributed by atoms with Crippen LogP contribution in [0.1, 0.15) is 28.7 Å². The molecule has 3 N–H and O–H groups in total. The number of alkyl halides is 3. The van der Waals surface area contributed by atoms with E-state index in [4.69, 9.17) is 0 Å². The van der Waals surface area contributed by atoms with Crippen molar-refractivity contribution < 1.29 is 23.2 Å². The van der Waals surface area contributed by atoms with Gasteiger partial charge < -0.3 is 15.4 Å². The first kappa shape index (κ1) is 26.6. The molecule has 8 nitrogen and oxygen atoms in total. The molecule has 2 aromatic carbocycles. The van der Waals surface area contributed by atoms with Crippen LogP contribution in [0.4, 0.5) is 24.5 Å². The molecule has 0 saturated carbocycles. The Labute approximate surface area is 222 Å². The first-order valence-corrected chi connectivity index (χ1v) is 12.6. The Bertz CT molecular complexity index is 1490. The number of likely N-dealkylation sites (tertiary alicyclic amines) is 1. The minimum absolute atomic E-state index is 0.185. The fraction of sp³-hybridized carbons (Fsp3) is 0.321. The Morgan fingerprint density at radius 2 is 2.00 bits per heavy atom. The van der Waals surface area contributed by atoms with Gasteiger partial charge in [0.05, 0.1) is 22.7 Å². The summed E-state index contributed by atoms with van der Waals surface area (Å²) in [4.78, 5) is 20.7. The van der Waals surface area contributed by atoms with E-state index in [1.54, 1.807) is 18.3 Å². The molecule has 0 radical (unpaired) electrons. The van der Waals surface area contributed by atoms with Crippen molar-refractivity contribution in [2.75, 3.05) is 25.0 Å². The standard InChI is InChI=1S/C28H28F3N5O3/c29-28(30,31)22-4-1-3-19(11-22)13-27(17-34-23-7-6-20(16-37)25(12-23)36(38)39)8-10-35(18-27)15-21-14-33-26-24(21)5-2-9-32-26/h1-7,9,11-12,14,34,37H,8,10,13,15-18H2,(H,32,33). The van der Waals surface area contributed by atoms with Gasteiger partial charge in [-0.1, -0.05) is 18.2 Å². The molecular weight excluding hydrogens is 511 g/mol. The second kappa shape index (κ2) is 10.7. The minimum Gasteiger partial charge on any atom is -0.391 e. The zero-order valence-corrected chi connectivity index (χ0v) is 21.0. The van der Waals surface area contributed by atoms with E-state index in [1.807, 2.05) is 18.3 Å². The van der Waals surface area contributed by atoms with Crippen molar-refractivity contribution in [3.63, 3.8) is 0 Å². The highest BCUT2D eigenvalue weighted by Crippen LogP contribution is 2.38. The highest BCUT2D eigenvalue weighted by molar-refractivity contribution is 5.79. The summed E-state index contributed by atoms with van der Waals surface area (Å²) in [5.74, 6) is 0. The average Bonchev–Trinajstić information content (AvgIpc) is 3.51. The maximum absolute atomic E-state index is 13.4. The highest BCUT2D eigenvalue weighted by Gasteiger charge is 2.39. The maximum atomic E-state index is 13.4. The lowest BCUT2D eigenvalue weighted by atomic mass is 9.80. The molecule has 1 aliphatic heterocycles. The summed E-state index contributed by atoms with van der Waals surface area (Å²) in [7, 11) is 0. The summed E-state index contributed by atoms with van der Waals surface area (Å²) in [6.45, 7) is 1.99. The van der Waals surface area contributed by atoms with Crippen LogP contribution in [0.2, 0.25) is 0 Å². The van der Waals surface area contributed by atoms with Crippen molar-refractivity contribution in [1.82, 2.24) is 14.9 Å². The Morgan fingerprint density at radius 3 is 2.77 bits per heavy atom. The molecule has 0 spiro atoms. The second-order valence-corrected chi connectivity index (χ2v) is 10.2. The van der Waals surface area contributed by atoms with E-state index in [0.29, 0.717) is 37.3 Å². The number of benzene rings is 2. The first-order chi connectivity index (χ1) is 18.7. The quantitative estimate of drug-likeness (QED) is 0.191. The molecule has 4 aromatic rings. The molecule has 1 fully saturated rings. The van der Waals surface area contributed by atoms with Crippen LogP contribution in [0.15, 0.2) is 67.0 Å². The number of nitrogens with one attached hydrogen (secondary N) is 2. The van der Waals surface area contributed by atoms with Gasteiger partial charge in [-0.25, -0.2) is 4.98 Å². The molecule has 204 valence electrons. The fourth-order valence-corrected chi connectivity index (χ4v) is 5.46. The summed E-state index contributed by atoms with van der Waals surface area (Å²) < 4.78 is 40.2. The molecular formula is C28H28F3N5O3. The third kappa shape index (κ3) is 5.89. The van der Waals surface area contributed by atoms with Gasteiger partial charge in [-0.3, -0.25) is 15.0 Å². The van der Waals surface area contributed by atoms with E-state index in [9.17, 15) is 28.4 Å². The van der Waals surface area contributed by atoms with Crippen LogP contribution in [0.3, 0.4) is 0 Å². The number of H-pyrrole nitrogens is 1. The van der Waals surface area contributed by atoms with Gasteiger partial charge in [-0.05, 0) is 60.8 Å². The largest absolute Gasteiger partial charge is 0.416 e. The third-order valence-corrected chi connectivity index (χ3v) is 7.40. The van der Waals surface area contributed by atoms with Crippen molar-refractivity contribution in [3.8, 4) is 0 Å². The number of halogens is 3. The number of fused-ring (bicyclic) bond motifs is 1. The first-order valence-electron chi connectivity index (χ1n) is 12.6. The van der Waals surface area contributed by atoms with Crippen LogP contribution in [0, 0.1) is 15.5 Å². The van der Waals surface area contributed by atoms with Crippen LogP contribution in [-0.2, 0) is 25.7 Å². The Hall–Kier alpha value is -3.96. The summed E-state index contributed by atoms with van der Waals surface area (Å²) in [6.07, 6.45) is 0.368. The highest BCUT2D eigenvalue weighted by atomic mass is 19.4. The van der Waals surface area contributed by atoms with Gasteiger partial charge in [0, 0.05) is 54.6 Å². The average molecular weight is 540 g/mol. The zero-order chi connectivity index (χ0) is 27.6. The molecule has 5 rings (SSSR count). The van der Waals surface area contributed by atoms with Crippen LogP contribution < -0.4 is 5.32 Å². The van der Waals surface area contributed by atoms with E-state index >= 15 is 0 Å². The maximum Gasteiger partial charge on any atom is 0.416 e.